The first-order valence-electron chi connectivity index (χ1n) is 0.612. The molecule has 0 aliphatic heterocycles. The van der Waals surface area contributed by atoms with E-state index in [4.69, 9.17) is 14.1 Å². The minimum absolute atomic E-state index is 0. The smallest absolute Gasteiger partial charge is 1.00 e. The van der Waals surface area contributed by atoms with E-state index in [0.717, 1.165) is 0 Å². The Balaban J connectivity index is -0.0000000150. The summed E-state index contributed by atoms with van der Waals surface area (Å²) in [6.07, 6.45) is 0. The maximum Gasteiger partial charge on any atom is 1.00 e. The summed E-state index contributed by atoms with van der Waals surface area (Å²) in [6, 6.07) is 0. The fourth-order valence-electron chi connectivity index (χ4n) is 0. The van der Waals surface area contributed by atoms with Crippen LogP contribution >= 0.6 is 0 Å². The third-order valence-electron chi connectivity index (χ3n) is 0. The second kappa shape index (κ2) is 9.92. The summed E-state index contributed by atoms with van der Waals surface area (Å²) >= 11 is 0. The van der Waals surface area contributed by atoms with Crippen LogP contribution in [-0.4, -0.2) is 26.5 Å². The summed E-state index contributed by atoms with van der Waals surface area (Å²) in [7, 11) is -3.63. The van der Waals surface area contributed by atoms with E-state index in [2.05, 4.69) is 0 Å². The predicted octanol–water partition coefficient (Wildman–Crippen LogP) is -6.94. The minimum atomic E-state index is -3.63. The molecule has 0 spiro atoms. The molecular weight excluding hydrogens is 142 g/mol. The Labute approximate surface area is 91.7 Å². The second-order valence-corrected chi connectivity index (χ2v) is 0.750. The van der Waals surface area contributed by atoms with E-state index in [1.165, 1.54) is 0 Å². The van der Waals surface area contributed by atoms with Gasteiger partial charge in [0.15, 0.2) is 17.4 Å². The summed E-state index contributed by atoms with van der Waals surface area (Å²) in [5, 5.41) is 0. The summed E-state index contributed by atoms with van der Waals surface area (Å²) in [5.74, 6) is 0. The molecule has 0 fully saturated rings. The van der Waals surface area contributed by atoms with E-state index in [9.17, 15) is 0 Å². The summed E-state index contributed by atoms with van der Waals surface area (Å²) in [4.78, 5) is 17.0. The van der Waals surface area contributed by atoms with Crippen molar-refractivity contribution in [3.63, 3.8) is 0 Å². The van der Waals surface area contributed by atoms with Gasteiger partial charge < -0.3 is 15.5 Å². The second-order valence-electron chi connectivity index (χ2n) is 0.250. The average molecular weight is 146 g/mol. The SMILES string of the molecule is O=[Si]([O-])[O-].[AlH3].[H-].[K+]. The molecule has 0 rings (SSSR count). The van der Waals surface area contributed by atoms with Gasteiger partial charge in [-0.15, -0.1) is 0 Å². The van der Waals surface area contributed by atoms with Crippen LogP contribution in [0.2, 0.25) is 0 Å². The fraction of sp³-hybridized carbons (Fsp3) is 0. The molecule has 0 N–H and O–H groups in total. The summed E-state index contributed by atoms with van der Waals surface area (Å²) in [6.45, 7) is 0. The summed E-state index contributed by atoms with van der Waals surface area (Å²) in [5.41, 5.74) is 0. The monoisotopic (exact) mass is 146 g/mol. The Kier molecular flexibility index (Phi) is 25.9. The summed E-state index contributed by atoms with van der Waals surface area (Å²) < 4.78 is 8.52. The molecule has 0 atom stereocenters. The van der Waals surface area contributed by atoms with Gasteiger partial charge in [-0.25, -0.2) is 0 Å². The Morgan fingerprint density at radius 3 is 1.50 bits per heavy atom. The van der Waals surface area contributed by atoms with Gasteiger partial charge in [-0.3, -0.25) is 0 Å². The number of rotatable bonds is 0. The first-order valence-corrected chi connectivity index (χ1v) is 1.84. The van der Waals surface area contributed by atoms with Crippen molar-refractivity contribution in [3.8, 4) is 0 Å². The molecule has 0 aromatic carbocycles. The molecule has 0 heterocycles. The van der Waals surface area contributed by atoms with E-state index in [1.807, 2.05) is 0 Å². The van der Waals surface area contributed by atoms with Crippen molar-refractivity contribution in [3.05, 3.63) is 0 Å². The predicted molar refractivity (Wildman–Crippen MR) is 17.5 cm³/mol. The third-order valence-corrected chi connectivity index (χ3v) is 0. The van der Waals surface area contributed by atoms with Gasteiger partial charge in [0.1, 0.15) is 0 Å². The first kappa shape index (κ1) is 15.7. The van der Waals surface area contributed by atoms with Crippen LogP contribution in [0.3, 0.4) is 0 Å². The number of hydrogen-bond donors (Lipinski definition) is 0. The van der Waals surface area contributed by atoms with Gasteiger partial charge in [0.2, 0.25) is 0 Å². The van der Waals surface area contributed by atoms with Gasteiger partial charge in [0.05, 0.1) is 0 Å². The van der Waals surface area contributed by atoms with E-state index in [1.54, 1.807) is 0 Å². The molecular formula is H4AlKO3Si-2. The fourth-order valence-corrected chi connectivity index (χ4v) is 0. The van der Waals surface area contributed by atoms with Gasteiger partial charge in [-0.1, -0.05) is 0 Å². The van der Waals surface area contributed by atoms with Gasteiger partial charge in [0, 0.05) is 9.17 Å². The van der Waals surface area contributed by atoms with E-state index >= 15 is 0 Å². The van der Waals surface area contributed by atoms with Crippen molar-refractivity contribution >= 4 is 26.5 Å². The molecule has 32 valence electrons. The van der Waals surface area contributed by atoms with Crippen molar-refractivity contribution in [1.29, 1.82) is 0 Å². The maximum absolute atomic E-state index is 8.52. The van der Waals surface area contributed by atoms with Crippen LogP contribution in [0, 0.1) is 0 Å². The molecule has 0 aromatic rings. The van der Waals surface area contributed by atoms with Crippen LogP contribution in [0.1, 0.15) is 1.43 Å². The van der Waals surface area contributed by atoms with Crippen LogP contribution in [0.4, 0.5) is 0 Å². The zero-order chi connectivity index (χ0) is 3.58. The van der Waals surface area contributed by atoms with Crippen LogP contribution in [0.5, 0.6) is 0 Å². The van der Waals surface area contributed by atoms with Crippen molar-refractivity contribution < 1.29 is 66.9 Å². The van der Waals surface area contributed by atoms with Crippen molar-refractivity contribution in [2.24, 2.45) is 0 Å². The molecule has 0 amide bonds. The molecule has 0 saturated heterocycles. The van der Waals surface area contributed by atoms with Crippen LogP contribution in [-0.2, 0) is 4.46 Å². The van der Waals surface area contributed by atoms with E-state index in [0.29, 0.717) is 0 Å². The molecule has 3 nitrogen and oxygen atoms in total. The van der Waals surface area contributed by atoms with Gasteiger partial charge in [-0.2, -0.15) is 0 Å². The molecule has 0 aliphatic rings. The Morgan fingerprint density at radius 1 is 1.50 bits per heavy atom. The van der Waals surface area contributed by atoms with Gasteiger partial charge in [0.25, 0.3) is 0 Å². The molecule has 0 unspecified atom stereocenters. The van der Waals surface area contributed by atoms with E-state index in [-0.39, 0.29) is 70.2 Å². The molecule has 0 radical (unpaired) electrons. The maximum atomic E-state index is 8.52. The van der Waals surface area contributed by atoms with Crippen LogP contribution in [0.15, 0.2) is 0 Å². The standard InChI is InChI=1S/Al.K.O3Si.4H/c;;1-4(2)3;;;;/q;+1;-2;;;;-1. The quantitative estimate of drug-likeness (QED) is 0.319. The molecule has 0 bridgehead atoms. The molecule has 6 heavy (non-hydrogen) atoms. The van der Waals surface area contributed by atoms with Crippen LogP contribution in [0.25, 0.3) is 0 Å². The van der Waals surface area contributed by atoms with E-state index < -0.39 is 9.17 Å². The molecule has 6 heteroatoms. The van der Waals surface area contributed by atoms with Gasteiger partial charge >= 0.3 is 51.4 Å². The Morgan fingerprint density at radius 2 is 1.50 bits per heavy atom. The Hall–Kier alpha value is 1.79. The number of hydrogen-bond acceptors (Lipinski definition) is 3. The first-order chi connectivity index (χ1) is 1.73. The minimum Gasteiger partial charge on any atom is -1.00 e. The normalized spacial score (nSPS) is 4.00. The van der Waals surface area contributed by atoms with Crippen molar-refractivity contribution in [1.82, 2.24) is 0 Å². The zero-order valence-corrected chi connectivity index (χ0v) is 6.85. The Bertz CT molecular complexity index is 37.9. The molecule has 0 aliphatic carbocycles. The largest absolute Gasteiger partial charge is 1.00 e. The molecule has 0 saturated carbocycles. The zero-order valence-electron chi connectivity index (χ0n) is 3.72. The van der Waals surface area contributed by atoms with Crippen molar-refractivity contribution in [2.45, 2.75) is 0 Å². The average Bonchev–Trinajstić information content (AvgIpc) is 0.811. The topological polar surface area (TPSA) is 63.2 Å². The van der Waals surface area contributed by atoms with Crippen molar-refractivity contribution in [2.75, 3.05) is 0 Å². The third kappa shape index (κ3) is 41.6. The van der Waals surface area contributed by atoms with Gasteiger partial charge in [-0.05, 0) is 0 Å². The molecule has 0 aromatic heterocycles. The van der Waals surface area contributed by atoms with Crippen LogP contribution < -0.4 is 61.0 Å².